The number of aryl methyl sites for hydroxylation is 1. The summed E-state index contributed by atoms with van der Waals surface area (Å²) < 4.78 is 0. The van der Waals surface area contributed by atoms with Gasteiger partial charge in [-0.3, -0.25) is 14.9 Å². The molecule has 102 valence electrons. The number of nitrogens with one attached hydrogen (secondary N) is 2. The normalized spacial score (nSPS) is 14.2. The summed E-state index contributed by atoms with van der Waals surface area (Å²) in [5, 5.41) is 16.7. The van der Waals surface area contributed by atoms with E-state index in [1.165, 1.54) is 0 Å². The molecule has 1 aliphatic rings. The Morgan fingerprint density at radius 2 is 2.21 bits per heavy atom. The first-order chi connectivity index (χ1) is 9.06. The van der Waals surface area contributed by atoms with E-state index in [1.807, 2.05) is 6.07 Å². The number of rotatable bonds is 6. The molecule has 1 saturated carbocycles. The molecule has 1 aromatic carbocycles. The first kappa shape index (κ1) is 13.5. The maximum absolute atomic E-state index is 11.4. The summed E-state index contributed by atoms with van der Waals surface area (Å²) in [6.07, 6.45) is 2.13. The molecule has 1 amide bonds. The minimum atomic E-state index is -0.390. The average Bonchev–Trinajstić information content (AvgIpc) is 3.14. The van der Waals surface area contributed by atoms with E-state index in [-0.39, 0.29) is 18.1 Å². The van der Waals surface area contributed by atoms with Gasteiger partial charge >= 0.3 is 0 Å². The van der Waals surface area contributed by atoms with Crippen LogP contribution in [0.2, 0.25) is 0 Å². The number of nitro groups is 1. The zero-order chi connectivity index (χ0) is 13.8. The quantitative estimate of drug-likeness (QED) is 0.598. The monoisotopic (exact) mass is 263 g/mol. The van der Waals surface area contributed by atoms with E-state index in [0.717, 1.165) is 18.4 Å². The Morgan fingerprint density at radius 1 is 1.47 bits per heavy atom. The summed E-state index contributed by atoms with van der Waals surface area (Å²) in [6.45, 7) is 2.38. The Labute approximate surface area is 111 Å². The lowest BCUT2D eigenvalue weighted by atomic mass is 10.1. The Hall–Kier alpha value is -1.95. The van der Waals surface area contributed by atoms with E-state index in [4.69, 9.17) is 0 Å². The van der Waals surface area contributed by atoms with Gasteiger partial charge in [0.2, 0.25) is 5.91 Å². The Bertz CT molecular complexity index is 498. The molecule has 0 aromatic heterocycles. The molecule has 19 heavy (non-hydrogen) atoms. The smallest absolute Gasteiger partial charge is 0.272 e. The van der Waals surface area contributed by atoms with Gasteiger partial charge in [0.1, 0.15) is 0 Å². The van der Waals surface area contributed by atoms with Gasteiger partial charge in [-0.05, 0) is 25.3 Å². The highest BCUT2D eigenvalue weighted by molar-refractivity contribution is 5.78. The topological polar surface area (TPSA) is 84.3 Å². The number of carbonyl (C=O) groups excluding carboxylic acids is 1. The second kappa shape index (κ2) is 5.79. The summed E-state index contributed by atoms with van der Waals surface area (Å²) in [6, 6.07) is 5.45. The summed E-state index contributed by atoms with van der Waals surface area (Å²) in [5.41, 5.74) is 1.55. The predicted octanol–water partition coefficient (Wildman–Crippen LogP) is 1.27. The lowest BCUT2D eigenvalue weighted by Crippen LogP contribution is -2.34. The van der Waals surface area contributed by atoms with Gasteiger partial charge in [-0.25, -0.2) is 0 Å². The average molecular weight is 263 g/mol. The van der Waals surface area contributed by atoms with Gasteiger partial charge in [-0.15, -0.1) is 0 Å². The van der Waals surface area contributed by atoms with Gasteiger partial charge in [0.15, 0.2) is 0 Å². The second-order valence-corrected chi connectivity index (χ2v) is 4.82. The van der Waals surface area contributed by atoms with Gasteiger partial charge in [0.25, 0.3) is 5.69 Å². The first-order valence-electron chi connectivity index (χ1n) is 6.30. The van der Waals surface area contributed by atoms with Crippen molar-refractivity contribution in [3.05, 3.63) is 39.4 Å². The molecule has 2 N–H and O–H groups in total. The fraction of sp³-hybridized carbons (Fsp3) is 0.462. The van der Waals surface area contributed by atoms with Crippen LogP contribution in [-0.4, -0.2) is 23.4 Å². The zero-order valence-electron chi connectivity index (χ0n) is 10.8. The maximum atomic E-state index is 11.4. The summed E-state index contributed by atoms with van der Waals surface area (Å²) >= 11 is 0. The van der Waals surface area contributed by atoms with Crippen molar-refractivity contribution < 1.29 is 9.72 Å². The number of carbonyl (C=O) groups is 1. The van der Waals surface area contributed by atoms with E-state index >= 15 is 0 Å². The van der Waals surface area contributed by atoms with Crippen LogP contribution < -0.4 is 10.6 Å². The molecule has 0 unspecified atom stereocenters. The molecule has 0 aliphatic heterocycles. The molecule has 0 bridgehead atoms. The van der Waals surface area contributed by atoms with Gasteiger partial charge < -0.3 is 10.6 Å². The molecule has 0 saturated heterocycles. The van der Waals surface area contributed by atoms with E-state index in [2.05, 4.69) is 10.6 Å². The van der Waals surface area contributed by atoms with E-state index in [9.17, 15) is 14.9 Å². The van der Waals surface area contributed by atoms with E-state index < -0.39 is 4.92 Å². The van der Waals surface area contributed by atoms with Crippen molar-refractivity contribution in [2.24, 2.45) is 0 Å². The highest BCUT2D eigenvalue weighted by Gasteiger charge is 2.22. The first-order valence-corrected chi connectivity index (χ1v) is 6.30. The van der Waals surface area contributed by atoms with Crippen LogP contribution in [0.1, 0.15) is 24.0 Å². The predicted molar refractivity (Wildman–Crippen MR) is 70.7 cm³/mol. The maximum Gasteiger partial charge on any atom is 0.272 e. The zero-order valence-corrected chi connectivity index (χ0v) is 10.8. The standard InChI is InChI=1S/C13H17N3O3/c1-9-2-3-10(6-12(9)16(18)19)7-14-8-13(17)15-11-4-5-11/h2-3,6,11,14H,4-5,7-8H2,1H3,(H,15,17). The van der Waals surface area contributed by atoms with Crippen molar-refractivity contribution >= 4 is 11.6 Å². The second-order valence-electron chi connectivity index (χ2n) is 4.82. The van der Waals surface area contributed by atoms with Crippen molar-refractivity contribution in [2.75, 3.05) is 6.54 Å². The van der Waals surface area contributed by atoms with E-state index in [0.29, 0.717) is 18.2 Å². The Balaban J connectivity index is 1.83. The van der Waals surface area contributed by atoms with Crippen LogP contribution in [0.5, 0.6) is 0 Å². The van der Waals surface area contributed by atoms with Crippen molar-refractivity contribution in [1.29, 1.82) is 0 Å². The van der Waals surface area contributed by atoms with Crippen LogP contribution >= 0.6 is 0 Å². The minimum absolute atomic E-state index is 0.0240. The lowest BCUT2D eigenvalue weighted by Gasteiger charge is -2.06. The molecular formula is C13H17N3O3. The number of nitrogens with zero attached hydrogens (tertiary/aromatic N) is 1. The highest BCUT2D eigenvalue weighted by atomic mass is 16.6. The molecule has 0 heterocycles. The third-order valence-corrected chi connectivity index (χ3v) is 3.03. The number of amides is 1. The lowest BCUT2D eigenvalue weighted by molar-refractivity contribution is -0.385. The van der Waals surface area contributed by atoms with Crippen molar-refractivity contribution in [3.63, 3.8) is 0 Å². The molecule has 0 spiro atoms. The number of nitro benzene ring substituents is 1. The fourth-order valence-electron chi connectivity index (χ4n) is 1.79. The molecule has 6 nitrogen and oxygen atoms in total. The van der Waals surface area contributed by atoms with Crippen molar-refractivity contribution in [2.45, 2.75) is 32.4 Å². The van der Waals surface area contributed by atoms with Gasteiger partial charge in [0, 0.05) is 24.2 Å². The summed E-state index contributed by atoms with van der Waals surface area (Å²) in [7, 11) is 0. The number of benzene rings is 1. The molecule has 1 fully saturated rings. The SMILES string of the molecule is Cc1ccc(CNCC(=O)NC2CC2)cc1[N+](=O)[O-]. The summed E-state index contributed by atoms with van der Waals surface area (Å²) in [5.74, 6) is -0.0240. The third-order valence-electron chi connectivity index (χ3n) is 3.03. The van der Waals surface area contributed by atoms with Gasteiger partial charge in [-0.1, -0.05) is 12.1 Å². The molecule has 1 aliphatic carbocycles. The Kier molecular flexibility index (Phi) is 4.11. The Morgan fingerprint density at radius 3 is 2.84 bits per heavy atom. The minimum Gasteiger partial charge on any atom is -0.352 e. The van der Waals surface area contributed by atoms with Crippen LogP contribution in [0.4, 0.5) is 5.69 Å². The van der Waals surface area contributed by atoms with Gasteiger partial charge in [-0.2, -0.15) is 0 Å². The largest absolute Gasteiger partial charge is 0.352 e. The van der Waals surface area contributed by atoms with Crippen LogP contribution in [0.3, 0.4) is 0 Å². The molecule has 0 atom stereocenters. The molecule has 0 radical (unpaired) electrons. The molecule has 2 rings (SSSR count). The molecular weight excluding hydrogens is 246 g/mol. The van der Waals surface area contributed by atoms with Gasteiger partial charge in [0.05, 0.1) is 11.5 Å². The fourth-order valence-corrected chi connectivity index (χ4v) is 1.79. The number of hydrogen-bond donors (Lipinski definition) is 2. The van der Waals surface area contributed by atoms with Crippen LogP contribution in [0.25, 0.3) is 0 Å². The van der Waals surface area contributed by atoms with E-state index in [1.54, 1.807) is 19.1 Å². The molecule has 1 aromatic rings. The summed E-state index contributed by atoms with van der Waals surface area (Å²) in [4.78, 5) is 21.8. The van der Waals surface area contributed by atoms with Crippen molar-refractivity contribution in [3.8, 4) is 0 Å². The number of hydrogen-bond acceptors (Lipinski definition) is 4. The van der Waals surface area contributed by atoms with Crippen molar-refractivity contribution in [1.82, 2.24) is 10.6 Å². The third kappa shape index (κ3) is 4.03. The van der Waals surface area contributed by atoms with Crippen LogP contribution in [-0.2, 0) is 11.3 Å². The molecule has 6 heteroatoms. The van der Waals surface area contributed by atoms with Crippen LogP contribution in [0.15, 0.2) is 18.2 Å². The van der Waals surface area contributed by atoms with Crippen LogP contribution in [0, 0.1) is 17.0 Å². The highest BCUT2D eigenvalue weighted by Crippen LogP contribution is 2.19.